The lowest BCUT2D eigenvalue weighted by Gasteiger charge is -2.17. The minimum absolute atomic E-state index is 0. The van der Waals surface area contributed by atoms with Crippen LogP contribution >= 0.6 is 0 Å². The second-order valence-electron chi connectivity index (χ2n) is 6.49. The number of aryl methyl sites for hydroxylation is 1. The first-order valence-electron chi connectivity index (χ1n) is 8.95. The van der Waals surface area contributed by atoms with Gasteiger partial charge in [0.25, 0.3) is 0 Å². The fraction of sp³-hybridized carbons (Fsp3) is 0.174. The molecule has 2 aromatic carbocycles. The van der Waals surface area contributed by atoms with Crippen molar-refractivity contribution >= 4 is 11.9 Å². The Balaban J connectivity index is 0.00000300. The van der Waals surface area contributed by atoms with Gasteiger partial charge in [-0.05, 0) is 35.4 Å². The SMILES string of the molecule is CC(=O)Oc1ccc(C(c2ccc(OC(C)=O)cc2)c2cccc[n+]2C)cc1.[I-]. The third-order valence-corrected chi connectivity index (χ3v) is 4.34. The highest BCUT2D eigenvalue weighted by Gasteiger charge is 2.24. The monoisotopic (exact) mass is 503 g/mol. The molecule has 0 bridgehead atoms. The Bertz CT molecular complexity index is 925. The number of halogens is 1. The summed E-state index contributed by atoms with van der Waals surface area (Å²) >= 11 is 0. The van der Waals surface area contributed by atoms with E-state index in [9.17, 15) is 9.59 Å². The molecule has 1 heterocycles. The van der Waals surface area contributed by atoms with Gasteiger partial charge in [-0.25, -0.2) is 4.57 Å². The first-order chi connectivity index (χ1) is 13.4. The zero-order chi connectivity index (χ0) is 20.1. The minimum Gasteiger partial charge on any atom is -1.00 e. The van der Waals surface area contributed by atoms with Gasteiger partial charge in [0.05, 0.1) is 5.92 Å². The lowest BCUT2D eigenvalue weighted by atomic mass is 9.87. The zero-order valence-corrected chi connectivity index (χ0v) is 18.6. The van der Waals surface area contributed by atoms with Crippen LogP contribution in [0.25, 0.3) is 0 Å². The third kappa shape index (κ3) is 5.87. The molecular weight excluding hydrogens is 481 g/mol. The second kappa shape index (κ2) is 10.2. The largest absolute Gasteiger partial charge is 1.00 e. The summed E-state index contributed by atoms with van der Waals surface area (Å²) in [6.45, 7) is 2.76. The number of esters is 2. The number of rotatable bonds is 5. The van der Waals surface area contributed by atoms with Gasteiger partial charge in [0, 0.05) is 26.0 Å². The number of pyridine rings is 1. The molecule has 1 aromatic heterocycles. The van der Waals surface area contributed by atoms with Crippen molar-refractivity contribution in [1.82, 2.24) is 0 Å². The summed E-state index contributed by atoms with van der Waals surface area (Å²) in [4.78, 5) is 22.3. The molecule has 0 atom stereocenters. The Kier molecular flexibility index (Phi) is 7.90. The normalized spacial score (nSPS) is 10.2. The van der Waals surface area contributed by atoms with Crippen LogP contribution in [0, 0.1) is 0 Å². The number of hydrogen-bond donors (Lipinski definition) is 0. The molecule has 6 heteroatoms. The van der Waals surface area contributed by atoms with E-state index in [4.69, 9.17) is 9.47 Å². The second-order valence-corrected chi connectivity index (χ2v) is 6.49. The van der Waals surface area contributed by atoms with Crippen molar-refractivity contribution < 1.29 is 47.6 Å². The molecule has 0 aliphatic carbocycles. The maximum Gasteiger partial charge on any atom is 0.308 e. The maximum absolute atomic E-state index is 11.2. The van der Waals surface area contributed by atoms with Crippen molar-refractivity contribution in [3.8, 4) is 11.5 Å². The van der Waals surface area contributed by atoms with E-state index in [-0.39, 0.29) is 41.8 Å². The molecule has 3 aromatic rings. The van der Waals surface area contributed by atoms with Gasteiger partial charge >= 0.3 is 11.9 Å². The first-order valence-corrected chi connectivity index (χ1v) is 8.95. The molecule has 0 aliphatic rings. The van der Waals surface area contributed by atoms with E-state index in [0.717, 1.165) is 16.8 Å². The highest BCUT2D eigenvalue weighted by molar-refractivity contribution is 5.69. The van der Waals surface area contributed by atoms with Crippen LogP contribution in [0.5, 0.6) is 11.5 Å². The van der Waals surface area contributed by atoms with Gasteiger partial charge in [-0.2, -0.15) is 0 Å². The van der Waals surface area contributed by atoms with E-state index in [0.29, 0.717) is 11.5 Å². The average Bonchev–Trinajstić information content (AvgIpc) is 2.65. The standard InChI is InChI=1S/C23H22NO4.HI/c1-16(25)27-20-11-7-18(8-12-20)23(22-6-4-5-15-24(22)3)19-9-13-21(14-10-19)28-17(2)26;/h4-15,23H,1-3H3;1H/q+1;/p-1. The predicted octanol–water partition coefficient (Wildman–Crippen LogP) is 0.546. The minimum atomic E-state index is -0.347. The van der Waals surface area contributed by atoms with Crippen molar-refractivity contribution in [1.29, 1.82) is 0 Å². The van der Waals surface area contributed by atoms with E-state index in [1.54, 1.807) is 24.3 Å². The van der Waals surface area contributed by atoms with Crippen LogP contribution < -0.4 is 38.0 Å². The van der Waals surface area contributed by atoms with Crippen molar-refractivity contribution in [2.45, 2.75) is 19.8 Å². The number of benzene rings is 2. The van der Waals surface area contributed by atoms with Crippen molar-refractivity contribution in [3.05, 3.63) is 89.7 Å². The van der Waals surface area contributed by atoms with Gasteiger partial charge in [0.15, 0.2) is 11.9 Å². The quantitative estimate of drug-likeness (QED) is 0.221. The Hall–Kier alpha value is -2.74. The summed E-state index contributed by atoms with van der Waals surface area (Å²) in [5.74, 6) is 0.291. The van der Waals surface area contributed by atoms with Gasteiger partial charge in [-0.1, -0.05) is 30.3 Å². The number of aromatic nitrogens is 1. The molecule has 0 aliphatic heterocycles. The van der Waals surface area contributed by atoms with E-state index in [1.807, 2.05) is 49.6 Å². The molecule has 0 saturated carbocycles. The molecule has 3 rings (SSSR count). The molecular formula is C23H22INO4. The van der Waals surface area contributed by atoms with Crippen molar-refractivity contribution in [2.24, 2.45) is 7.05 Å². The topological polar surface area (TPSA) is 56.5 Å². The summed E-state index contributed by atoms with van der Waals surface area (Å²) in [5, 5.41) is 0. The van der Waals surface area contributed by atoms with Crippen LogP contribution in [0.2, 0.25) is 0 Å². The van der Waals surface area contributed by atoms with E-state index < -0.39 is 0 Å². The zero-order valence-electron chi connectivity index (χ0n) is 16.5. The van der Waals surface area contributed by atoms with Crippen LogP contribution in [0.4, 0.5) is 0 Å². The molecule has 0 saturated heterocycles. The van der Waals surface area contributed by atoms with Crippen molar-refractivity contribution in [2.75, 3.05) is 0 Å². The number of nitrogens with zero attached hydrogens (tertiary/aromatic N) is 1. The Labute approximate surface area is 187 Å². The number of hydrogen-bond acceptors (Lipinski definition) is 4. The van der Waals surface area contributed by atoms with Crippen LogP contribution in [0.3, 0.4) is 0 Å². The van der Waals surface area contributed by atoms with Crippen molar-refractivity contribution in [3.63, 3.8) is 0 Å². The fourth-order valence-corrected chi connectivity index (χ4v) is 3.16. The number of ether oxygens (including phenoxy) is 2. The van der Waals surface area contributed by atoms with E-state index in [2.05, 4.69) is 10.6 Å². The van der Waals surface area contributed by atoms with Gasteiger partial charge in [0.1, 0.15) is 18.5 Å². The van der Waals surface area contributed by atoms with Crippen LogP contribution in [-0.2, 0) is 16.6 Å². The molecule has 0 fully saturated rings. The highest BCUT2D eigenvalue weighted by Crippen LogP contribution is 2.32. The lowest BCUT2D eigenvalue weighted by Crippen LogP contribution is -3.00. The smallest absolute Gasteiger partial charge is 0.308 e. The fourth-order valence-electron chi connectivity index (χ4n) is 3.16. The first kappa shape index (κ1) is 22.5. The molecule has 0 unspecified atom stereocenters. The summed E-state index contributed by atoms with van der Waals surface area (Å²) < 4.78 is 12.4. The van der Waals surface area contributed by atoms with Crippen LogP contribution in [0.1, 0.15) is 36.6 Å². The number of carbonyl (C=O) groups excluding carboxylic acids is 2. The Morgan fingerprint density at radius 1 is 0.759 bits per heavy atom. The summed E-state index contributed by atoms with van der Waals surface area (Å²) in [6, 6.07) is 21.0. The summed E-state index contributed by atoms with van der Waals surface area (Å²) in [5.41, 5.74) is 3.21. The molecule has 0 spiro atoms. The maximum atomic E-state index is 11.2. The van der Waals surface area contributed by atoms with E-state index >= 15 is 0 Å². The predicted molar refractivity (Wildman–Crippen MR) is 104 cm³/mol. The van der Waals surface area contributed by atoms with E-state index in [1.165, 1.54) is 13.8 Å². The average molecular weight is 503 g/mol. The van der Waals surface area contributed by atoms with Crippen LogP contribution in [0.15, 0.2) is 72.9 Å². The van der Waals surface area contributed by atoms with Gasteiger partial charge in [0.2, 0.25) is 0 Å². The van der Waals surface area contributed by atoms with Gasteiger partial charge < -0.3 is 33.5 Å². The molecule has 0 radical (unpaired) electrons. The molecule has 0 amide bonds. The third-order valence-electron chi connectivity index (χ3n) is 4.34. The van der Waals surface area contributed by atoms with Gasteiger partial charge in [-0.3, -0.25) is 9.59 Å². The van der Waals surface area contributed by atoms with Crippen LogP contribution in [-0.4, -0.2) is 11.9 Å². The Morgan fingerprint density at radius 2 is 1.21 bits per heavy atom. The molecule has 29 heavy (non-hydrogen) atoms. The van der Waals surface area contributed by atoms with Gasteiger partial charge in [-0.15, -0.1) is 0 Å². The summed E-state index contributed by atoms with van der Waals surface area (Å²) in [6.07, 6.45) is 2.00. The number of carbonyl (C=O) groups is 2. The molecule has 0 N–H and O–H groups in total. The lowest BCUT2D eigenvalue weighted by molar-refractivity contribution is -0.679. The Morgan fingerprint density at radius 3 is 1.59 bits per heavy atom. The molecule has 150 valence electrons. The molecule has 5 nitrogen and oxygen atoms in total. The highest BCUT2D eigenvalue weighted by atomic mass is 127. The summed E-state index contributed by atoms with van der Waals surface area (Å²) in [7, 11) is 2.00.